The number of pyridine rings is 2. The molecule has 306 valence electrons. The van der Waals surface area contributed by atoms with Crippen LogP contribution in [-0.2, 0) is 27.2 Å². The van der Waals surface area contributed by atoms with Crippen molar-refractivity contribution in [2.75, 3.05) is 25.6 Å². The summed E-state index contributed by atoms with van der Waals surface area (Å²) in [6, 6.07) is 18.9. The van der Waals surface area contributed by atoms with Crippen molar-refractivity contribution in [2.24, 2.45) is 0 Å². The van der Waals surface area contributed by atoms with Gasteiger partial charge in [0.05, 0.1) is 24.2 Å². The lowest BCUT2D eigenvalue weighted by molar-refractivity contribution is -0.121. The number of carbonyl (C=O) groups is 3. The number of hydrogen-bond donors (Lipinski definition) is 4. The molecule has 16 nitrogen and oxygen atoms in total. The molecule has 60 heavy (non-hydrogen) atoms. The van der Waals surface area contributed by atoms with Crippen LogP contribution in [0.25, 0.3) is 34.2 Å². The van der Waals surface area contributed by atoms with E-state index in [-0.39, 0.29) is 77.9 Å². The van der Waals surface area contributed by atoms with Crippen LogP contribution in [0.1, 0.15) is 45.7 Å². The van der Waals surface area contributed by atoms with E-state index in [0.29, 0.717) is 57.7 Å². The maximum Gasteiger partial charge on any atom is 0.339 e. The third-order valence-electron chi connectivity index (χ3n) is 9.74. The van der Waals surface area contributed by atoms with Crippen LogP contribution < -0.4 is 31.2 Å². The molecule has 2 amide bonds. The molecule has 0 saturated carbocycles. The molecule has 4 aromatic heterocycles. The van der Waals surface area contributed by atoms with Gasteiger partial charge in [0, 0.05) is 53.4 Å². The fraction of sp³-hybridized carbons (Fsp3) is 0.233. The van der Waals surface area contributed by atoms with Gasteiger partial charge >= 0.3 is 5.97 Å². The third kappa shape index (κ3) is 9.56. The molecule has 0 bridgehead atoms. The highest BCUT2D eigenvalue weighted by Crippen LogP contribution is 2.31. The fourth-order valence-corrected chi connectivity index (χ4v) is 6.78. The molecule has 1 aliphatic rings. The van der Waals surface area contributed by atoms with Gasteiger partial charge in [0.2, 0.25) is 11.8 Å². The lowest BCUT2D eigenvalue weighted by atomic mass is 10.1. The molecule has 0 saturated heterocycles. The number of aromatic nitrogens is 6. The molecule has 4 N–H and O–H groups in total. The van der Waals surface area contributed by atoms with Crippen molar-refractivity contribution in [3.63, 3.8) is 0 Å². The third-order valence-corrected chi connectivity index (χ3v) is 10.1. The Bertz CT molecular complexity index is 2740. The molecular formula is C43H39ClN8O8. The molecule has 0 fully saturated rings. The fourth-order valence-electron chi connectivity index (χ4n) is 6.58. The number of rotatable bonds is 13. The standard InChI is InChI=1S/C43H39ClN8O8/c1-23-29(9-12-37(53)47-21-28-22-59-35-6-4-5-7-36(35)60-28)41(55)51-39(48-23)33-18-25(14-16-45-33)26-15-17-46-34(19-26)40-49-24(2)30(42(56)52-40)10-13-38(54)50-27-8-11-32(44)31(20-27)43(57)58-3/h4-8,11,14-20,28H,9-10,12-13,21-22H2,1-3H3,(H,47,53)(H,50,54)(H,48,51,55)(H,49,52,56). The highest BCUT2D eigenvalue weighted by atomic mass is 35.5. The summed E-state index contributed by atoms with van der Waals surface area (Å²) in [7, 11) is 1.23. The Balaban J connectivity index is 0.979. The van der Waals surface area contributed by atoms with Gasteiger partial charge in [0.15, 0.2) is 23.1 Å². The molecule has 17 heteroatoms. The number of benzene rings is 2. The van der Waals surface area contributed by atoms with Gasteiger partial charge in [-0.25, -0.2) is 14.8 Å². The number of nitrogens with zero attached hydrogens (tertiary/aromatic N) is 4. The predicted molar refractivity (Wildman–Crippen MR) is 222 cm³/mol. The first-order chi connectivity index (χ1) is 28.9. The Kier molecular flexibility index (Phi) is 12.4. The normalized spacial score (nSPS) is 13.0. The maximum absolute atomic E-state index is 13.2. The molecule has 0 aliphatic carbocycles. The first-order valence-corrected chi connectivity index (χ1v) is 19.3. The Morgan fingerprint density at radius 3 is 1.97 bits per heavy atom. The molecule has 6 aromatic rings. The predicted octanol–water partition coefficient (Wildman–Crippen LogP) is 5.16. The molecule has 2 aromatic carbocycles. The van der Waals surface area contributed by atoms with Crippen LogP contribution in [-0.4, -0.2) is 74.1 Å². The number of esters is 1. The van der Waals surface area contributed by atoms with Gasteiger partial charge in [-0.2, -0.15) is 0 Å². The van der Waals surface area contributed by atoms with E-state index in [9.17, 15) is 24.0 Å². The van der Waals surface area contributed by atoms with E-state index in [1.165, 1.54) is 19.2 Å². The molecular weight excluding hydrogens is 792 g/mol. The Morgan fingerprint density at radius 2 is 1.38 bits per heavy atom. The number of fused-ring (bicyclic) bond motifs is 1. The average molecular weight is 831 g/mol. The Hall–Kier alpha value is -7.20. The highest BCUT2D eigenvalue weighted by Gasteiger charge is 2.22. The lowest BCUT2D eigenvalue weighted by Gasteiger charge is -2.26. The van der Waals surface area contributed by atoms with E-state index < -0.39 is 11.5 Å². The van der Waals surface area contributed by atoms with Crippen molar-refractivity contribution < 1.29 is 28.6 Å². The number of methoxy groups -OCH3 is 1. The monoisotopic (exact) mass is 830 g/mol. The van der Waals surface area contributed by atoms with Gasteiger partial charge in [-0.05, 0) is 92.4 Å². The van der Waals surface area contributed by atoms with Crippen LogP contribution >= 0.6 is 11.6 Å². The number of aromatic amines is 2. The number of halogens is 1. The minimum absolute atomic E-state index is 0.0255. The number of hydrogen-bond acceptors (Lipinski definition) is 12. The Morgan fingerprint density at radius 1 is 0.800 bits per heavy atom. The van der Waals surface area contributed by atoms with E-state index in [0.717, 1.165) is 11.1 Å². The van der Waals surface area contributed by atoms with Crippen LogP contribution in [0.5, 0.6) is 11.5 Å². The van der Waals surface area contributed by atoms with E-state index >= 15 is 0 Å². The van der Waals surface area contributed by atoms with Crippen molar-refractivity contribution in [1.29, 1.82) is 0 Å². The zero-order chi connectivity index (χ0) is 42.3. The first kappa shape index (κ1) is 41.0. The minimum Gasteiger partial charge on any atom is -0.486 e. The van der Waals surface area contributed by atoms with Crippen LogP contribution in [0.15, 0.2) is 88.7 Å². The van der Waals surface area contributed by atoms with Gasteiger partial charge in [-0.15, -0.1) is 0 Å². The van der Waals surface area contributed by atoms with Crippen LogP contribution in [0.3, 0.4) is 0 Å². The van der Waals surface area contributed by atoms with Crippen molar-refractivity contribution in [1.82, 2.24) is 35.2 Å². The van der Waals surface area contributed by atoms with Crippen molar-refractivity contribution in [2.45, 2.75) is 45.6 Å². The quantitative estimate of drug-likeness (QED) is 0.111. The first-order valence-electron chi connectivity index (χ1n) is 18.9. The number of aryl methyl sites for hydroxylation is 2. The summed E-state index contributed by atoms with van der Waals surface area (Å²) in [5, 5.41) is 5.75. The van der Waals surface area contributed by atoms with Gasteiger partial charge in [0.1, 0.15) is 24.1 Å². The zero-order valence-electron chi connectivity index (χ0n) is 32.8. The number of amides is 2. The second-order valence-corrected chi connectivity index (χ2v) is 14.3. The number of ether oxygens (including phenoxy) is 3. The van der Waals surface area contributed by atoms with Crippen LogP contribution in [0.2, 0.25) is 5.02 Å². The average Bonchev–Trinajstić information content (AvgIpc) is 3.25. The molecule has 1 atom stereocenters. The topological polar surface area (TPSA) is 220 Å². The van der Waals surface area contributed by atoms with E-state index in [1.54, 1.807) is 56.6 Å². The number of nitrogens with one attached hydrogen (secondary N) is 4. The molecule has 5 heterocycles. The van der Waals surface area contributed by atoms with Crippen molar-refractivity contribution in [3.05, 3.63) is 133 Å². The molecule has 1 aliphatic heterocycles. The van der Waals surface area contributed by atoms with E-state index in [1.807, 2.05) is 24.3 Å². The Labute approximate surface area is 347 Å². The van der Waals surface area contributed by atoms with Crippen molar-refractivity contribution in [3.8, 4) is 45.7 Å². The number of carbonyl (C=O) groups excluding carboxylic acids is 3. The lowest BCUT2D eigenvalue weighted by Crippen LogP contribution is -2.40. The smallest absolute Gasteiger partial charge is 0.339 e. The number of anilines is 1. The minimum atomic E-state index is -0.636. The maximum atomic E-state index is 13.2. The molecule has 7 rings (SSSR count). The van der Waals surface area contributed by atoms with Gasteiger partial charge in [-0.1, -0.05) is 23.7 Å². The second kappa shape index (κ2) is 18.2. The summed E-state index contributed by atoms with van der Waals surface area (Å²) < 4.78 is 16.3. The highest BCUT2D eigenvalue weighted by molar-refractivity contribution is 6.33. The van der Waals surface area contributed by atoms with Crippen molar-refractivity contribution >= 4 is 35.1 Å². The summed E-state index contributed by atoms with van der Waals surface area (Å²) >= 11 is 6.07. The number of para-hydroxylation sites is 2. The van der Waals surface area contributed by atoms with E-state index in [2.05, 4.69) is 40.5 Å². The molecule has 1 unspecified atom stereocenters. The molecule has 0 spiro atoms. The summed E-state index contributed by atoms with van der Waals surface area (Å²) in [5.41, 5.74) is 3.64. The van der Waals surface area contributed by atoms with Gasteiger partial charge in [-0.3, -0.25) is 29.1 Å². The van der Waals surface area contributed by atoms with Crippen LogP contribution in [0, 0.1) is 13.8 Å². The van der Waals surface area contributed by atoms with Gasteiger partial charge < -0.3 is 34.8 Å². The largest absolute Gasteiger partial charge is 0.486 e. The number of H-pyrrole nitrogens is 2. The SMILES string of the molecule is COC(=O)c1cc(NC(=O)CCc2c(C)nc(-c3cc(-c4ccnc(-c5nc(C)c(CCC(=O)NCC6COc7ccccc7O6)c(=O)[nH]5)c4)ccn3)[nH]c2=O)ccc1Cl. The summed E-state index contributed by atoms with van der Waals surface area (Å²) in [5.74, 6) is 0.557. The van der Waals surface area contributed by atoms with Gasteiger partial charge in [0.25, 0.3) is 11.1 Å². The summed E-state index contributed by atoms with van der Waals surface area (Å²) in [4.78, 5) is 87.6. The van der Waals surface area contributed by atoms with E-state index in [4.69, 9.17) is 25.8 Å². The summed E-state index contributed by atoms with van der Waals surface area (Å²) in [6.07, 6.45) is 3.21. The second-order valence-electron chi connectivity index (χ2n) is 13.9. The molecule has 0 radical (unpaired) electrons. The zero-order valence-corrected chi connectivity index (χ0v) is 33.5. The summed E-state index contributed by atoms with van der Waals surface area (Å²) in [6.45, 7) is 3.98. The van der Waals surface area contributed by atoms with Crippen LogP contribution in [0.4, 0.5) is 5.69 Å².